The first-order chi connectivity index (χ1) is 13.8. The highest BCUT2D eigenvalue weighted by atomic mass is 32.2. The van der Waals surface area contributed by atoms with Crippen molar-refractivity contribution >= 4 is 21.6 Å². The van der Waals surface area contributed by atoms with Gasteiger partial charge in [-0.05, 0) is 31.0 Å². The predicted octanol–water partition coefficient (Wildman–Crippen LogP) is 3.65. The number of amides is 1. The molecule has 29 heavy (non-hydrogen) atoms. The summed E-state index contributed by atoms with van der Waals surface area (Å²) in [5.41, 5.74) is 1.04. The maximum atomic E-state index is 12.9. The molecule has 0 saturated heterocycles. The number of benzene rings is 2. The van der Waals surface area contributed by atoms with Gasteiger partial charge in [0, 0.05) is 12.0 Å². The highest BCUT2D eigenvalue weighted by Crippen LogP contribution is 2.42. The first-order valence-corrected chi connectivity index (χ1v) is 11.7. The minimum Gasteiger partial charge on any atom is -0.487 e. The number of para-hydroxylation sites is 2. The fourth-order valence-electron chi connectivity index (χ4n) is 3.79. The number of sulfonamides is 1. The Bertz CT molecular complexity index is 956. The molecule has 1 amide bonds. The molecule has 1 heterocycles. The average Bonchev–Trinajstić information content (AvgIpc) is 2.71. The van der Waals surface area contributed by atoms with E-state index >= 15 is 0 Å². The summed E-state index contributed by atoms with van der Waals surface area (Å²) in [6, 6.07) is 16.1. The fourth-order valence-corrected chi connectivity index (χ4v) is 4.65. The lowest BCUT2D eigenvalue weighted by Crippen LogP contribution is -2.47. The van der Waals surface area contributed by atoms with Gasteiger partial charge in [-0.2, -0.15) is 0 Å². The Morgan fingerprint density at radius 1 is 1.10 bits per heavy atom. The smallest absolute Gasteiger partial charge is 0.241 e. The van der Waals surface area contributed by atoms with E-state index in [1.807, 2.05) is 24.3 Å². The third-order valence-corrected chi connectivity index (χ3v) is 6.69. The van der Waals surface area contributed by atoms with Crippen LogP contribution < -0.4 is 14.4 Å². The molecule has 7 heteroatoms. The number of carbonyl (C=O) groups is 1. The molecular formula is C22H28N2O4S. The number of hydrogen-bond acceptors (Lipinski definition) is 4. The SMILES string of the molecule is CCC1(CC)CC(NC(=O)CN(c2ccccc2)S(C)(=O)=O)c2ccccc2O1. The number of hydrogen-bond donors (Lipinski definition) is 1. The van der Waals surface area contributed by atoms with Crippen molar-refractivity contribution in [2.45, 2.75) is 44.8 Å². The molecule has 3 rings (SSSR count). The van der Waals surface area contributed by atoms with Crippen LogP contribution in [0.5, 0.6) is 5.75 Å². The maximum Gasteiger partial charge on any atom is 0.241 e. The fraction of sp³-hybridized carbons (Fsp3) is 0.409. The Morgan fingerprint density at radius 3 is 2.34 bits per heavy atom. The molecule has 0 saturated carbocycles. The van der Waals surface area contributed by atoms with Gasteiger partial charge in [0.2, 0.25) is 15.9 Å². The van der Waals surface area contributed by atoms with Crippen LogP contribution in [0.1, 0.15) is 44.7 Å². The quantitative estimate of drug-likeness (QED) is 0.748. The van der Waals surface area contributed by atoms with Gasteiger partial charge < -0.3 is 10.1 Å². The molecule has 2 aromatic rings. The lowest BCUT2D eigenvalue weighted by molar-refractivity contribution is -0.121. The minimum absolute atomic E-state index is 0.232. The van der Waals surface area contributed by atoms with Gasteiger partial charge in [-0.1, -0.05) is 50.2 Å². The van der Waals surface area contributed by atoms with Crippen molar-refractivity contribution in [3.8, 4) is 5.75 Å². The van der Waals surface area contributed by atoms with Crippen LogP contribution in [0.25, 0.3) is 0 Å². The Morgan fingerprint density at radius 2 is 1.72 bits per heavy atom. The van der Waals surface area contributed by atoms with Crippen LogP contribution in [0.3, 0.4) is 0 Å². The van der Waals surface area contributed by atoms with Gasteiger partial charge in [0.15, 0.2) is 0 Å². The largest absolute Gasteiger partial charge is 0.487 e. The predicted molar refractivity (Wildman–Crippen MR) is 115 cm³/mol. The number of anilines is 1. The van der Waals surface area contributed by atoms with E-state index in [1.54, 1.807) is 30.3 Å². The summed E-state index contributed by atoms with van der Waals surface area (Å²) < 4.78 is 32.0. The Balaban J connectivity index is 1.83. The Hall–Kier alpha value is -2.54. The monoisotopic (exact) mass is 416 g/mol. The Kier molecular flexibility index (Phi) is 6.17. The van der Waals surface area contributed by atoms with E-state index in [9.17, 15) is 13.2 Å². The zero-order valence-electron chi connectivity index (χ0n) is 17.1. The standard InChI is InChI=1S/C22H28N2O4S/c1-4-22(5-2)15-19(18-13-9-10-14-20(18)28-22)23-21(25)16-24(29(3,26)27)17-11-7-6-8-12-17/h6-14,19H,4-5,15-16H2,1-3H3,(H,23,25). The second-order valence-electron chi connectivity index (χ2n) is 7.46. The van der Waals surface area contributed by atoms with E-state index in [0.29, 0.717) is 12.1 Å². The summed E-state index contributed by atoms with van der Waals surface area (Å²) in [5.74, 6) is 0.429. The van der Waals surface area contributed by atoms with Crippen molar-refractivity contribution in [1.82, 2.24) is 5.32 Å². The molecule has 6 nitrogen and oxygen atoms in total. The van der Waals surface area contributed by atoms with Gasteiger partial charge >= 0.3 is 0 Å². The van der Waals surface area contributed by atoms with Crippen LogP contribution in [0.15, 0.2) is 54.6 Å². The summed E-state index contributed by atoms with van der Waals surface area (Å²) in [6.45, 7) is 3.89. The average molecular weight is 417 g/mol. The first-order valence-electron chi connectivity index (χ1n) is 9.88. The van der Waals surface area contributed by atoms with Gasteiger partial charge in [0.05, 0.1) is 18.0 Å². The molecule has 1 unspecified atom stereocenters. The molecule has 2 aromatic carbocycles. The van der Waals surface area contributed by atoms with Crippen molar-refractivity contribution in [1.29, 1.82) is 0 Å². The summed E-state index contributed by atoms with van der Waals surface area (Å²) >= 11 is 0. The molecular weight excluding hydrogens is 388 g/mol. The molecule has 0 bridgehead atoms. The van der Waals surface area contributed by atoms with E-state index in [2.05, 4.69) is 19.2 Å². The molecule has 0 radical (unpaired) electrons. The molecule has 1 aliphatic heterocycles. The van der Waals surface area contributed by atoms with Crippen LogP contribution in [0.2, 0.25) is 0 Å². The van der Waals surface area contributed by atoms with E-state index in [-0.39, 0.29) is 24.1 Å². The molecule has 1 atom stereocenters. The second-order valence-corrected chi connectivity index (χ2v) is 9.37. The van der Waals surface area contributed by atoms with E-state index < -0.39 is 10.0 Å². The molecule has 156 valence electrons. The van der Waals surface area contributed by atoms with Crippen molar-refractivity contribution < 1.29 is 17.9 Å². The number of fused-ring (bicyclic) bond motifs is 1. The van der Waals surface area contributed by atoms with Crippen LogP contribution in [0, 0.1) is 0 Å². The van der Waals surface area contributed by atoms with Crippen LogP contribution in [-0.4, -0.2) is 32.7 Å². The highest BCUT2D eigenvalue weighted by Gasteiger charge is 2.39. The summed E-state index contributed by atoms with van der Waals surface area (Å²) in [4.78, 5) is 12.9. The van der Waals surface area contributed by atoms with Crippen LogP contribution in [-0.2, 0) is 14.8 Å². The van der Waals surface area contributed by atoms with E-state index in [1.165, 1.54) is 0 Å². The highest BCUT2D eigenvalue weighted by molar-refractivity contribution is 7.92. The Labute approximate surface area is 172 Å². The molecule has 0 fully saturated rings. The molecule has 1 N–H and O–H groups in total. The number of nitrogens with one attached hydrogen (secondary N) is 1. The first kappa shape index (κ1) is 21.2. The van der Waals surface area contributed by atoms with Gasteiger partial charge in [-0.3, -0.25) is 9.10 Å². The summed E-state index contributed by atoms with van der Waals surface area (Å²) in [7, 11) is -3.60. The number of nitrogens with zero attached hydrogens (tertiary/aromatic N) is 1. The van der Waals surface area contributed by atoms with E-state index in [0.717, 1.165) is 34.7 Å². The summed E-state index contributed by atoms with van der Waals surface area (Å²) in [5, 5.41) is 3.05. The molecule has 0 aliphatic carbocycles. The van der Waals surface area contributed by atoms with Crippen LogP contribution in [0.4, 0.5) is 5.69 Å². The van der Waals surface area contributed by atoms with Gasteiger partial charge in [0.25, 0.3) is 0 Å². The zero-order valence-corrected chi connectivity index (χ0v) is 17.9. The minimum atomic E-state index is -3.60. The van der Waals surface area contributed by atoms with Crippen molar-refractivity contribution in [3.05, 3.63) is 60.2 Å². The summed E-state index contributed by atoms with van der Waals surface area (Å²) in [6.07, 6.45) is 3.40. The van der Waals surface area contributed by atoms with Crippen molar-refractivity contribution in [2.75, 3.05) is 17.1 Å². The van der Waals surface area contributed by atoms with Crippen LogP contribution >= 0.6 is 0 Å². The molecule has 0 aromatic heterocycles. The molecule has 0 spiro atoms. The van der Waals surface area contributed by atoms with Crippen molar-refractivity contribution in [2.24, 2.45) is 0 Å². The maximum absolute atomic E-state index is 12.9. The van der Waals surface area contributed by atoms with Gasteiger partial charge in [0.1, 0.15) is 17.9 Å². The molecule has 1 aliphatic rings. The lowest BCUT2D eigenvalue weighted by Gasteiger charge is -2.41. The third-order valence-electron chi connectivity index (χ3n) is 5.55. The number of rotatable bonds is 7. The van der Waals surface area contributed by atoms with E-state index in [4.69, 9.17) is 4.74 Å². The van der Waals surface area contributed by atoms with Gasteiger partial charge in [-0.15, -0.1) is 0 Å². The van der Waals surface area contributed by atoms with Crippen molar-refractivity contribution in [3.63, 3.8) is 0 Å². The lowest BCUT2D eigenvalue weighted by atomic mass is 9.83. The topological polar surface area (TPSA) is 75.7 Å². The second kappa shape index (κ2) is 8.45. The third kappa shape index (κ3) is 4.72. The normalized spacial score (nSPS) is 17.7. The zero-order chi connectivity index (χ0) is 21.1. The number of ether oxygens (including phenoxy) is 1. The van der Waals surface area contributed by atoms with Gasteiger partial charge in [-0.25, -0.2) is 8.42 Å². The number of carbonyl (C=O) groups excluding carboxylic acids is 1.